The number of pyridine rings is 1. The van der Waals surface area contributed by atoms with Crippen LogP contribution in [0, 0.1) is 0 Å². The average Bonchev–Trinajstić information content (AvgIpc) is 3.09. The van der Waals surface area contributed by atoms with Gasteiger partial charge in [0.05, 0.1) is 19.3 Å². The van der Waals surface area contributed by atoms with E-state index in [1.165, 1.54) is 11.0 Å². The SMILES string of the molecule is CCCN(CCCC(F)(F)F)C(=O)c1cc(C(=O)N[C@@H](Cc2ccccc2)[C@H](O)CNC2(c3cccc(OC)c3)CCCCC2)[nH]c(=O)c1. The van der Waals surface area contributed by atoms with Crippen molar-refractivity contribution >= 4 is 11.8 Å². The highest BCUT2D eigenvalue weighted by Crippen LogP contribution is 2.38. The number of rotatable bonds is 16. The van der Waals surface area contributed by atoms with Gasteiger partial charge in [0.1, 0.15) is 11.4 Å². The zero-order valence-corrected chi connectivity index (χ0v) is 28.2. The highest BCUT2D eigenvalue weighted by Gasteiger charge is 2.35. The first-order chi connectivity index (χ1) is 23.4. The minimum atomic E-state index is -4.35. The summed E-state index contributed by atoms with van der Waals surface area (Å²) in [6.07, 6.45) is -1.03. The number of H-pyrrole nitrogens is 1. The van der Waals surface area contributed by atoms with Gasteiger partial charge in [-0.2, -0.15) is 13.2 Å². The van der Waals surface area contributed by atoms with Crippen LogP contribution in [-0.4, -0.2) is 71.9 Å². The van der Waals surface area contributed by atoms with Crippen LogP contribution in [0.3, 0.4) is 0 Å². The molecule has 1 aliphatic carbocycles. The Hall–Kier alpha value is -4.16. The molecule has 49 heavy (non-hydrogen) atoms. The van der Waals surface area contributed by atoms with Gasteiger partial charge in [0.25, 0.3) is 11.8 Å². The number of ether oxygens (including phenoxy) is 1. The molecule has 1 aliphatic rings. The molecule has 9 nitrogen and oxygen atoms in total. The van der Waals surface area contributed by atoms with Crippen LogP contribution >= 0.6 is 0 Å². The lowest BCUT2D eigenvalue weighted by Gasteiger charge is -2.40. The molecule has 0 bridgehead atoms. The van der Waals surface area contributed by atoms with Crippen molar-refractivity contribution in [2.45, 2.75) is 88.6 Å². The number of aliphatic hydroxyl groups is 1. The molecule has 2 atom stereocenters. The molecule has 0 unspecified atom stereocenters. The van der Waals surface area contributed by atoms with Crippen molar-refractivity contribution in [1.82, 2.24) is 20.5 Å². The van der Waals surface area contributed by atoms with Crippen molar-refractivity contribution in [3.63, 3.8) is 0 Å². The predicted molar refractivity (Wildman–Crippen MR) is 182 cm³/mol. The van der Waals surface area contributed by atoms with Crippen LogP contribution < -0.4 is 20.9 Å². The highest BCUT2D eigenvalue weighted by atomic mass is 19.4. The minimum absolute atomic E-state index is 0.103. The summed E-state index contributed by atoms with van der Waals surface area (Å²) in [6.45, 7) is 2.01. The number of halogens is 3. The Morgan fingerprint density at radius 2 is 1.76 bits per heavy atom. The number of carbonyl (C=O) groups is 2. The van der Waals surface area contributed by atoms with E-state index in [0.29, 0.717) is 6.42 Å². The largest absolute Gasteiger partial charge is 0.497 e. The van der Waals surface area contributed by atoms with Gasteiger partial charge in [-0.15, -0.1) is 0 Å². The summed E-state index contributed by atoms with van der Waals surface area (Å²) in [7, 11) is 1.62. The summed E-state index contributed by atoms with van der Waals surface area (Å²) >= 11 is 0. The first-order valence-corrected chi connectivity index (χ1v) is 17.0. The number of carbonyl (C=O) groups excluding carboxylic acids is 2. The number of amides is 2. The Kier molecular flexibility index (Phi) is 13.4. The average molecular weight is 685 g/mol. The second kappa shape index (κ2) is 17.5. The molecule has 1 fully saturated rings. The Morgan fingerprint density at radius 1 is 1.02 bits per heavy atom. The van der Waals surface area contributed by atoms with Gasteiger partial charge >= 0.3 is 6.18 Å². The van der Waals surface area contributed by atoms with Crippen molar-refractivity contribution < 1.29 is 32.6 Å². The van der Waals surface area contributed by atoms with Crippen molar-refractivity contribution in [1.29, 1.82) is 0 Å². The van der Waals surface area contributed by atoms with Crippen LogP contribution in [0.25, 0.3) is 0 Å². The summed E-state index contributed by atoms with van der Waals surface area (Å²) in [5, 5.41) is 18.1. The molecule has 266 valence electrons. The lowest BCUT2D eigenvalue weighted by atomic mass is 9.76. The maximum atomic E-state index is 13.6. The fraction of sp³-hybridized carbons (Fsp3) is 0.486. The fourth-order valence-corrected chi connectivity index (χ4v) is 6.51. The number of aliphatic hydroxyl groups excluding tert-OH is 1. The van der Waals surface area contributed by atoms with E-state index in [1.54, 1.807) is 14.0 Å². The van der Waals surface area contributed by atoms with E-state index >= 15 is 0 Å². The summed E-state index contributed by atoms with van der Waals surface area (Å²) < 4.78 is 43.8. The first-order valence-electron chi connectivity index (χ1n) is 17.0. The molecule has 2 aromatic carbocycles. The third kappa shape index (κ3) is 10.9. The molecule has 0 radical (unpaired) electrons. The maximum absolute atomic E-state index is 13.6. The molecule has 0 spiro atoms. The molecule has 0 saturated heterocycles. The van der Waals surface area contributed by atoms with Gasteiger partial charge in [-0.3, -0.25) is 14.4 Å². The van der Waals surface area contributed by atoms with E-state index in [0.717, 1.165) is 55.0 Å². The summed E-state index contributed by atoms with van der Waals surface area (Å²) in [4.78, 5) is 43.3. The van der Waals surface area contributed by atoms with E-state index in [4.69, 9.17) is 4.74 Å². The standard InChI is InChI=1S/C37H47F3N4O5/c1-3-19-44(20-11-18-37(38,39)40)35(48)27-22-31(42-33(46)23-27)34(47)43-30(21-26-12-6-4-7-13-26)32(45)25-41-36(16-8-5-9-17-36)28-14-10-15-29(24-28)49-2/h4,6-7,10,12-15,22-24,30,32,41,45H,3,5,8-9,11,16-21,25H2,1-2H3,(H,42,46)(H,43,47)/t30-,32+/m0/s1. The predicted octanol–water partition coefficient (Wildman–Crippen LogP) is 5.73. The fourth-order valence-electron chi connectivity index (χ4n) is 6.51. The maximum Gasteiger partial charge on any atom is 0.389 e. The lowest BCUT2D eigenvalue weighted by Crippen LogP contribution is -2.53. The van der Waals surface area contributed by atoms with Crippen molar-refractivity contribution in [3.8, 4) is 5.75 Å². The molecule has 1 aromatic heterocycles. The van der Waals surface area contributed by atoms with Crippen LogP contribution in [0.15, 0.2) is 71.5 Å². The van der Waals surface area contributed by atoms with Gasteiger partial charge in [0.15, 0.2) is 0 Å². The second-order valence-electron chi connectivity index (χ2n) is 12.8. The second-order valence-corrected chi connectivity index (χ2v) is 12.8. The molecule has 0 aliphatic heterocycles. The molecular formula is C37H47F3N4O5. The van der Waals surface area contributed by atoms with Gasteiger partial charge in [0.2, 0.25) is 5.56 Å². The molecule has 12 heteroatoms. The summed E-state index contributed by atoms with van der Waals surface area (Å²) in [5.74, 6) is -0.594. The topological polar surface area (TPSA) is 124 Å². The number of hydrogen-bond acceptors (Lipinski definition) is 6. The Bertz CT molecular complexity index is 1570. The number of methoxy groups -OCH3 is 1. The number of hydrogen-bond donors (Lipinski definition) is 4. The van der Waals surface area contributed by atoms with Gasteiger partial charge in [0, 0.05) is 43.2 Å². The van der Waals surface area contributed by atoms with E-state index in [2.05, 4.69) is 21.7 Å². The number of alkyl halides is 3. The van der Waals surface area contributed by atoms with Crippen LogP contribution in [-0.2, 0) is 12.0 Å². The first kappa shape index (κ1) is 37.7. The highest BCUT2D eigenvalue weighted by molar-refractivity contribution is 5.98. The number of aromatic nitrogens is 1. The number of aromatic amines is 1. The zero-order valence-electron chi connectivity index (χ0n) is 28.2. The number of benzene rings is 2. The Balaban J connectivity index is 1.54. The van der Waals surface area contributed by atoms with Gasteiger partial charge in [-0.1, -0.05) is 68.7 Å². The van der Waals surface area contributed by atoms with Crippen LogP contribution in [0.5, 0.6) is 5.75 Å². The number of nitrogens with one attached hydrogen (secondary N) is 3. The number of nitrogens with zero attached hydrogens (tertiary/aromatic N) is 1. The van der Waals surface area contributed by atoms with Crippen molar-refractivity contribution in [2.75, 3.05) is 26.7 Å². The third-order valence-electron chi connectivity index (χ3n) is 9.06. The summed E-state index contributed by atoms with van der Waals surface area (Å²) in [5.41, 5.74) is 0.548. The Labute approximate surface area is 285 Å². The molecule has 4 N–H and O–H groups in total. The zero-order chi connectivity index (χ0) is 35.4. The van der Waals surface area contributed by atoms with Crippen molar-refractivity contribution in [3.05, 3.63) is 99.5 Å². The van der Waals surface area contributed by atoms with E-state index in [1.807, 2.05) is 48.5 Å². The third-order valence-corrected chi connectivity index (χ3v) is 9.06. The quantitative estimate of drug-likeness (QED) is 0.153. The monoisotopic (exact) mass is 684 g/mol. The molecule has 3 aromatic rings. The minimum Gasteiger partial charge on any atom is -0.497 e. The van der Waals surface area contributed by atoms with Gasteiger partial charge in [-0.25, -0.2) is 0 Å². The lowest BCUT2D eigenvalue weighted by molar-refractivity contribution is -0.136. The molecule has 1 saturated carbocycles. The van der Waals surface area contributed by atoms with E-state index in [-0.39, 0.29) is 49.3 Å². The molecule has 4 rings (SSSR count). The van der Waals surface area contributed by atoms with Gasteiger partial charge < -0.3 is 30.4 Å². The van der Waals surface area contributed by atoms with Crippen LogP contribution in [0.2, 0.25) is 0 Å². The molecule has 1 heterocycles. The van der Waals surface area contributed by atoms with Crippen LogP contribution in [0.4, 0.5) is 13.2 Å². The molecular weight excluding hydrogens is 637 g/mol. The van der Waals surface area contributed by atoms with E-state index < -0.39 is 42.1 Å². The van der Waals surface area contributed by atoms with Crippen molar-refractivity contribution in [2.24, 2.45) is 0 Å². The Morgan fingerprint density at radius 3 is 2.43 bits per heavy atom. The normalized spacial score (nSPS) is 15.6. The molecule has 2 amide bonds. The van der Waals surface area contributed by atoms with Gasteiger partial charge in [-0.05, 0) is 61.4 Å². The van der Waals surface area contributed by atoms with E-state index in [9.17, 15) is 32.7 Å². The summed E-state index contributed by atoms with van der Waals surface area (Å²) in [6, 6.07) is 18.8. The van der Waals surface area contributed by atoms with Crippen LogP contribution in [0.1, 0.15) is 90.3 Å². The smallest absolute Gasteiger partial charge is 0.389 e.